The van der Waals surface area contributed by atoms with E-state index in [4.69, 9.17) is 14.5 Å². The van der Waals surface area contributed by atoms with Crippen molar-refractivity contribution in [1.29, 1.82) is 5.26 Å². The van der Waals surface area contributed by atoms with E-state index in [9.17, 15) is 10.1 Å². The molecular weight excluding hydrogens is 454 g/mol. The van der Waals surface area contributed by atoms with Gasteiger partial charge in [0.05, 0.1) is 19.9 Å². The van der Waals surface area contributed by atoms with Crippen molar-refractivity contribution >= 4 is 22.6 Å². The summed E-state index contributed by atoms with van der Waals surface area (Å²) in [7, 11) is 1.59. The highest BCUT2D eigenvalue weighted by atomic mass is 16.5. The highest BCUT2D eigenvalue weighted by Crippen LogP contribution is 2.29. The van der Waals surface area contributed by atoms with Gasteiger partial charge in [0.15, 0.2) is 11.6 Å². The zero-order valence-electron chi connectivity index (χ0n) is 20.7. The molecule has 0 bridgehead atoms. The maximum absolute atomic E-state index is 13.0. The molecule has 0 atom stereocenters. The quantitative estimate of drug-likeness (QED) is 0.285. The number of benzene rings is 2. The molecule has 8 nitrogen and oxygen atoms in total. The largest absolute Gasteiger partial charge is 0.494 e. The first-order valence-electron chi connectivity index (χ1n) is 12.0. The summed E-state index contributed by atoms with van der Waals surface area (Å²) >= 11 is 0. The molecule has 0 radical (unpaired) electrons. The number of ether oxygens (including phenoxy) is 2. The molecule has 0 saturated carbocycles. The van der Waals surface area contributed by atoms with Crippen LogP contribution in [-0.4, -0.2) is 34.4 Å². The number of rotatable bonds is 10. The molecule has 2 heterocycles. The second-order valence-corrected chi connectivity index (χ2v) is 8.47. The molecule has 0 aliphatic heterocycles. The van der Waals surface area contributed by atoms with E-state index in [2.05, 4.69) is 23.4 Å². The van der Waals surface area contributed by atoms with Crippen LogP contribution in [0.1, 0.15) is 54.1 Å². The molecule has 2 aromatic carbocycles. The molecule has 0 unspecified atom stereocenters. The third kappa shape index (κ3) is 5.31. The van der Waals surface area contributed by atoms with Gasteiger partial charge in [-0.25, -0.2) is 4.98 Å². The number of hydrogen-bond acceptors (Lipinski definition) is 6. The highest BCUT2D eigenvalue weighted by molar-refractivity contribution is 6.04. The molecule has 8 heteroatoms. The smallest absolute Gasteiger partial charge is 0.256 e. The standard InChI is InChI=1S/C28H29N5O3/c1-4-5-6-7-15-36-22-13-11-20(12-14-22)28(34)32-27-21(17-29)18-30-33(27)25-16-19(2)23-9-8-10-24(35-3)26(23)31-25/h8-14,16,18H,4-7,15H2,1-3H3,(H,32,34). The fourth-order valence-corrected chi connectivity index (χ4v) is 3.97. The predicted octanol–water partition coefficient (Wildman–Crippen LogP) is 5.82. The van der Waals surface area contributed by atoms with E-state index >= 15 is 0 Å². The maximum Gasteiger partial charge on any atom is 0.256 e. The lowest BCUT2D eigenvalue weighted by Crippen LogP contribution is -2.16. The molecule has 36 heavy (non-hydrogen) atoms. The van der Waals surface area contributed by atoms with Crippen LogP contribution in [0.25, 0.3) is 16.7 Å². The van der Waals surface area contributed by atoms with Crippen LogP contribution in [-0.2, 0) is 0 Å². The van der Waals surface area contributed by atoms with Gasteiger partial charge >= 0.3 is 0 Å². The van der Waals surface area contributed by atoms with Crippen LogP contribution >= 0.6 is 0 Å². The molecule has 1 N–H and O–H groups in total. The first-order valence-corrected chi connectivity index (χ1v) is 12.0. The molecule has 2 aromatic heterocycles. The predicted molar refractivity (Wildman–Crippen MR) is 139 cm³/mol. The fraction of sp³-hybridized carbons (Fsp3) is 0.286. The lowest BCUT2D eigenvalue weighted by atomic mass is 10.1. The second kappa shape index (κ2) is 11.4. The molecule has 0 spiro atoms. The number of carbonyl (C=O) groups excluding carboxylic acids is 1. The number of carbonyl (C=O) groups is 1. The molecule has 0 saturated heterocycles. The van der Waals surface area contributed by atoms with E-state index in [0.29, 0.717) is 29.3 Å². The third-order valence-electron chi connectivity index (χ3n) is 5.94. The number of unbranched alkanes of at least 4 members (excludes halogenated alkanes) is 3. The lowest BCUT2D eigenvalue weighted by Gasteiger charge is -2.13. The molecule has 0 aliphatic carbocycles. The number of amides is 1. The molecule has 4 rings (SSSR count). The summed E-state index contributed by atoms with van der Waals surface area (Å²) in [6, 6.07) is 16.6. The summed E-state index contributed by atoms with van der Waals surface area (Å²) in [5.74, 6) is 1.70. The zero-order chi connectivity index (χ0) is 25.5. The summed E-state index contributed by atoms with van der Waals surface area (Å²) in [6.07, 6.45) is 5.94. The SMILES string of the molecule is CCCCCCOc1ccc(C(=O)Nc2c(C#N)cnn2-c2cc(C)c3cccc(OC)c3n2)cc1. The Hall–Kier alpha value is -4.38. The lowest BCUT2D eigenvalue weighted by molar-refractivity contribution is 0.102. The van der Waals surface area contributed by atoms with Crippen LogP contribution < -0.4 is 14.8 Å². The van der Waals surface area contributed by atoms with Gasteiger partial charge < -0.3 is 14.8 Å². The topological polar surface area (TPSA) is 102 Å². The third-order valence-corrected chi connectivity index (χ3v) is 5.94. The average Bonchev–Trinajstić information content (AvgIpc) is 3.31. The van der Waals surface area contributed by atoms with E-state index in [-0.39, 0.29) is 17.3 Å². The van der Waals surface area contributed by atoms with Gasteiger partial charge in [0.1, 0.15) is 28.6 Å². The van der Waals surface area contributed by atoms with Crippen molar-refractivity contribution in [2.24, 2.45) is 0 Å². The number of aryl methyl sites for hydroxylation is 1. The van der Waals surface area contributed by atoms with Gasteiger partial charge in [-0.1, -0.05) is 38.3 Å². The number of pyridine rings is 1. The monoisotopic (exact) mass is 483 g/mol. The Bertz CT molecular complexity index is 1400. The van der Waals surface area contributed by atoms with Crippen molar-refractivity contribution in [1.82, 2.24) is 14.8 Å². The Kier molecular flexibility index (Phi) is 7.81. The second-order valence-electron chi connectivity index (χ2n) is 8.47. The van der Waals surface area contributed by atoms with Gasteiger partial charge in [-0.2, -0.15) is 15.0 Å². The van der Waals surface area contributed by atoms with Crippen LogP contribution in [0.15, 0.2) is 54.7 Å². The average molecular weight is 484 g/mol. The summed E-state index contributed by atoms with van der Waals surface area (Å²) in [4.78, 5) is 17.8. The summed E-state index contributed by atoms with van der Waals surface area (Å²) < 4.78 is 12.7. The molecule has 0 fully saturated rings. The number of nitriles is 1. The van der Waals surface area contributed by atoms with E-state index in [1.807, 2.05) is 31.2 Å². The van der Waals surface area contributed by atoms with Gasteiger partial charge in [-0.05, 0) is 55.3 Å². The number of hydrogen-bond donors (Lipinski definition) is 1. The number of para-hydroxylation sites is 1. The Morgan fingerprint density at radius 2 is 1.94 bits per heavy atom. The van der Waals surface area contributed by atoms with Crippen LogP contribution in [0.3, 0.4) is 0 Å². The van der Waals surface area contributed by atoms with E-state index in [0.717, 1.165) is 29.5 Å². The number of nitrogens with one attached hydrogen (secondary N) is 1. The Labute approximate surface area is 210 Å². The summed E-state index contributed by atoms with van der Waals surface area (Å²) in [6.45, 7) is 4.79. The minimum absolute atomic E-state index is 0.231. The van der Waals surface area contributed by atoms with Crippen LogP contribution in [0, 0.1) is 18.3 Å². The molecule has 0 aliphatic rings. The maximum atomic E-state index is 13.0. The van der Waals surface area contributed by atoms with Gasteiger partial charge in [0.25, 0.3) is 5.91 Å². The summed E-state index contributed by atoms with van der Waals surface area (Å²) in [5, 5.41) is 17.7. The number of nitrogens with zero attached hydrogens (tertiary/aromatic N) is 4. The van der Waals surface area contributed by atoms with Gasteiger partial charge in [0.2, 0.25) is 0 Å². The zero-order valence-corrected chi connectivity index (χ0v) is 20.7. The summed E-state index contributed by atoms with van der Waals surface area (Å²) in [5.41, 5.74) is 2.31. The normalized spacial score (nSPS) is 10.7. The van der Waals surface area contributed by atoms with Crippen LogP contribution in [0.4, 0.5) is 5.82 Å². The number of fused-ring (bicyclic) bond motifs is 1. The molecule has 1 amide bonds. The van der Waals surface area contributed by atoms with Crippen LogP contribution in [0.2, 0.25) is 0 Å². The number of aromatic nitrogens is 3. The first-order chi connectivity index (χ1) is 17.5. The van der Waals surface area contributed by atoms with Gasteiger partial charge in [-0.15, -0.1) is 0 Å². The minimum atomic E-state index is -0.363. The number of anilines is 1. The van der Waals surface area contributed by atoms with Gasteiger partial charge in [0, 0.05) is 10.9 Å². The first kappa shape index (κ1) is 24.7. The van der Waals surface area contributed by atoms with Crippen LogP contribution in [0.5, 0.6) is 11.5 Å². The number of methoxy groups -OCH3 is 1. The van der Waals surface area contributed by atoms with Crippen molar-refractivity contribution in [2.45, 2.75) is 39.5 Å². The van der Waals surface area contributed by atoms with E-state index < -0.39 is 0 Å². The Balaban J connectivity index is 1.57. The van der Waals surface area contributed by atoms with Crippen molar-refractivity contribution in [3.63, 3.8) is 0 Å². The minimum Gasteiger partial charge on any atom is -0.494 e. The van der Waals surface area contributed by atoms with Crippen molar-refractivity contribution in [3.8, 4) is 23.4 Å². The Morgan fingerprint density at radius 3 is 2.67 bits per heavy atom. The van der Waals surface area contributed by atoms with E-state index in [1.165, 1.54) is 23.7 Å². The highest BCUT2D eigenvalue weighted by Gasteiger charge is 2.18. The van der Waals surface area contributed by atoms with Crippen molar-refractivity contribution in [3.05, 3.63) is 71.4 Å². The van der Waals surface area contributed by atoms with E-state index in [1.54, 1.807) is 31.4 Å². The molecular formula is C28H29N5O3. The fourth-order valence-electron chi connectivity index (χ4n) is 3.97. The molecule has 184 valence electrons. The molecule has 4 aromatic rings. The van der Waals surface area contributed by atoms with Crippen molar-refractivity contribution in [2.75, 3.05) is 19.0 Å². The van der Waals surface area contributed by atoms with Crippen molar-refractivity contribution < 1.29 is 14.3 Å². The van der Waals surface area contributed by atoms with Gasteiger partial charge in [-0.3, -0.25) is 4.79 Å². The Morgan fingerprint density at radius 1 is 1.14 bits per heavy atom.